The second-order valence-corrected chi connectivity index (χ2v) is 8.29. The number of aliphatic hydroxyl groups is 1. The molecular weight excluding hydrogens is 378 g/mol. The fourth-order valence-electron chi connectivity index (χ4n) is 4.86. The van der Waals surface area contributed by atoms with Crippen molar-refractivity contribution >= 4 is 5.91 Å². The fraction of sp³-hybridized carbons (Fsp3) is 0.333. The molecule has 2 heterocycles. The van der Waals surface area contributed by atoms with Gasteiger partial charge in [-0.05, 0) is 55.0 Å². The molecule has 1 aliphatic heterocycles. The monoisotopic (exact) mass is 403 g/mol. The van der Waals surface area contributed by atoms with Crippen molar-refractivity contribution in [3.8, 4) is 11.5 Å². The van der Waals surface area contributed by atoms with E-state index < -0.39 is 6.10 Å². The zero-order chi connectivity index (χ0) is 20.5. The Hall–Kier alpha value is -3.12. The molecule has 1 saturated carbocycles. The molecule has 2 aliphatic rings. The molecule has 6 heteroatoms. The summed E-state index contributed by atoms with van der Waals surface area (Å²) in [5.74, 6) is 2.16. The maximum atomic E-state index is 13.2. The molecule has 0 bridgehead atoms. The second kappa shape index (κ2) is 7.95. The number of imidazole rings is 1. The Labute approximate surface area is 175 Å². The first-order chi connectivity index (χ1) is 14.7. The molecule has 1 aliphatic carbocycles. The van der Waals surface area contributed by atoms with Crippen LogP contribution in [-0.4, -0.2) is 44.7 Å². The van der Waals surface area contributed by atoms with E-state index in [0.29, 0.717) is 36.1 Å². The lowest BCUT2D eigenvalue weighted by Gasteiger charge is -2.35. The van der Waals surface area contributed by atoms with Gasteiger partial charge in [0.2, 0.25) is 0 Å². The average Bonchev–Trinajstić information content (AvgIpc) is 3.43. The van der Waals surface area contributed by atoms with E-state index in [1.54, 1.807) is 18.6 Å². The summed E-state index contributed by atoms with van der Waals surface area (Å²) in [4.78, 5) is 19.2. The number of carbonyl (C=O) groups excluding carboxylic acids is 1. The summed E-state index contributed by atoms with van der Waals surface area (Å²) in [7, 11) is 0. The molecule has 154 valence electrons. The van der Waals surface area contributed by atoms with E-state index >= 15 is 0 Å². The van der Waals surface area contributed by atoms with Gasteiger partial charge in [0.05, 0.1) is 18.5 Å². The Balaban J connectivity index is 1.28. The fourth-order valence-corrected chi connectivity index (χ4v) is 4.86. The molecule has 1 N–H and O–H groups in total. The number of nitrogens with zero attached hydrogens (tertiary/aromatic N) is 3. The number of rotatable bonds is 4. The zero-order valence-corrected chi connectivity index (χ0v) is 16.7. The van der Waals surface area contributed by atoms with Gasteiger partial charge < -0.3 is 19.3 Å². The van der Waals surface area contributed by atoms with E-state index in [1.165, 1.54) is 0 Å². The van der Waals surface area contributed by atoms with Crippen molar-refractivity contribution in [2.45, 2.75) is 25.0 Å². The highest BCUT2D eigenvalue weighted by molar-refractivity contribution is 5.94. The third kappa shape index (κ3) is 3.71. The largest absolute Gasteiger partial charge is 0.457 e. The normalized spacial score (nSPS) is 25.7. The zero-order valence-electron chi connectivity index (χ0n) is 16.7. The Morgan fingerprint density at radius 2 is 1.77 bits per heavy atom. The van der Waals surface area contributed by atoms with Crippen LogP contribution in [0.3, 0.4) is 0 Å². The number of amides is 1. The number of carbonyl (C=O) groups is 1. The van der Waals surface area contributed by atoms with Crippen LogP contribution in [0.1, 0.15) is 29.2 Å². The van der Waals surface area contributed by atoms with Gasteiger partial charge in [-0.3, -0.25) is 4.79 Å². The minimum atomic E-state index is -0.405. The van der Waals surface area contributed by atoms with Crippen LogP contribution in [0.5, 0.6) is 11.5 Å². The molecule has 2 fully saturated rings. The van der Waals surface area contributed by atoms with Crippen molar-refractivity contribution < 1.29 is 14.6 Å². The first-order valence-electron chi connectivity index (χ1n) is 10.4. The first kappa shape index (κ1) is 18.9. The van der Waals surface area contributed by atoms with Crippen LogP contribution >= 0.6 is 0 Å². The molecule has 2 aromatic carbocycles. The van der Waals surface area contributed by atoms with Crippen LogP contribution in [0, 0.1) is 11.8 Å². The van der Waals surface area contributed by atoms with Crippen LogP contribution in [0.4, 0.5) is 0 Å². The number of aliphatic hydroxyl groups excluding tert-OH is 1. The molecule has 0 unspecified atom stereocenters. The lowest BCUT2D eigenvalue weighted by atomic mass is 9.77. The predicted molar refractivity (Wildman–Crippen MR) is 112 cm³/mol. The molecule has 1 amide bonds. The lowest BCUT2D eigenvalue weighted by molar-refractivity contribution is 0.0357. The maximum Gasteiger partial charge on any atom is 0.254 e. The third-order valence-corrected chi connectivity index (χ3v) is 6.36. The number of likely N-dealkylation sites (tertiary alicyclic amines) is 1. The summed E-state index contributed by atoms with van der Waals surface area (Å²) in [6.45, 7) is 1.42. The van der Waals surface area contributed by atoms with Gasteiger partial charge in [-0.2, -0.15) is 0 Å². The van der Waals surface area contributed by atoms with E-state index in [4.69, 9.17) is 4.74 Å². The van der Waals surface area contributed by atoms with Gasteiger partial charge in [-0.25, -0.2) is 4.98 Å². The topological polar surface area (TPSA) is 67.6 Å². The Morgan fingerprint density at radius 3 is 2.53 bits per heavy atom. The van der Waals surface area contributed by atoms with Gasteiger partial charge in [-0.15, -0.1) is 0 Å². The van der Waals surface area contributed by atoms with E-state index in [2.05, 4.69) is 4.98 Å². The number of ether oxygens (including phenoxy) is 1. The van der Waals surface area contributed by atoms with Crippen LogP contribution in [0.25, 0.3) is 0 Å². The summed E-state index contributed by atoms with van der Waals surface area (Å²) in [6, 6.07) is 17.0. The highest BCUT2D eigenvalue weighted by atomic mass is 16.5. The molecule has 30 heavy (non-hydrogen) atoms. The number of benzene rings is 2. The SMILES string of the molecule is O=C(c1cccc(Oc2ccccc2)c1)N1C[C@H]2C[C@@H](n3ccnc3)[C@H](O)C[C@H]2C1. The van der Waals surface area contributed by atoms with Crippen LogP contribution in [0.2, 0.25) is 0 Å². The van der Waals surface area contributed by atoms with Crippen LogP contribution < -0.4 is 4.74 Å². The Morgan fingerprint density at radius 1 is 1.00 bits per heavy atom. The first-order valence-corrected chi connectivity index (χ1v) is 10.4. The van der Waals surface area contributed by atoms with Crippen molar-refractivity contribution in [1.82, 2.24) is 14.5 Å². The minimum Gasteiger partial charge on any atom is -0.457 e. The molecular formula is C24H25N3O3. The molecule has 0 radical (unpaired) electrons. The van der Waals surface area contributed by atoms with Gasteiger partial charge in [-0.1, -0.05) is 24.3 Å². The number of para-hydroxylation sites is 1. The quantitative estimate of drug-likeness (QED) is 0.720. The smallest absolute Gasteiger partial charge is 0.254 e. The number of aromatic nitrogens is 2. The standard InChI is InChI=1S/C24H25N3O3/c28-23-13-19-15-27(14-18(19)12-22(23)26-10-9-25-16-26)24(29)17-5-4-8-21(11-17)30-20-6-2-1-3-7-20/h1-11,16,18-19,22-23,28H,12-15H2/t18-,19+,22-,23-/m1/s1. The van der Waals surface area contributed by atoms with Crippen molar-refractivity contribution in [2.75, 3.05) is 13.1 Å². The maximum absolute atomic E-state index is 13.2. The highest BCUT2D eigenvalue weighted by Crippen LogP contribution is 2.41. The van der Waals surface area contributed by atoms with E-state index in [-0.39, 0.29) is 11.9 Å². The van der Waals surface area contributed by atoms with Crippen LogP contribution in [-0.2, 0) is 0 Å². The van der Waals surface area contributed by atoms with E-state index in [0.717, 1.165) is 18.7 Å². The van der Waals surface area contributed by atoms with Crippen LogP contribution in [0.15, 0.2) is 73.3 Å². The van der Waals surface area contributed by atoms with Gasteiger partial charge in [0.1, 0.15) is 11.5 Å². The van der Waals surface area contributed by atoms with Crippen molar-refractivity contribution in [2.24, 2.45) is 11.8 Å². The molecule has 1 aromatic heterocycles. The summed E-state index contributed by atoms with van der Waals surface area (Å²) < 4.78 is 7.88. The predicted octanol–water partition coefficient (Wildman–Crippen LogP) is 3.76. The molecule has 6 nitrogen and oxygen atoms in total. The third-order valence-electron chi connectivity index (χ3n) is 6.36. The highest BCUT2D eigenvalue weighted by Gasteiger charge is 2.43. The van der Waals surface area contributed by atoms with Gasteiger partial charge in [0.15, 0.2) is 0 Å². The van der Waals surface area contributed by atoms with Crippen molar-refractivity contribution in [1.29, 1.82) is 0 Å². The van der Waals surface area contributed by atoms with E-state index in [1.807, 2.05) is 64.2 Å². The van der Waals surface area contributed by atoms with Gasteiger partial charge in [0, 0.05) is 31.0 Å². The number of fused-ring (bicyclic) bond motifs is 1. The molecule has 4 atom stereocenters. The average molecular weight is 403 g/mol. The minimum absolute atomic E-state index is 0.0246. The summed E-state index contributed by atoms with van der Waals surface area (Å²) in [5.41, 5.74) is 0.633. The molecule has 0 spiro atoms. The summed E-state index contributed by atoms with van der Waals surface area (Å²) in [6.07, 6.45) is 6.60. The van der Waals surface area contributed by atoms with Crippen molar-refractivity contribution in [3.05, 3.63) is 78.9 Å². The number of hydrogen-bond donors (Lipinski definition) is 1. The van der Waals surface area contributed by atoms with E-state index in [9.17, 15) is 9.90 Å². The molecule has 5 rings (SSSR count). The molecule has 1 saturated heterocycles. The summed E-state index contributed by atoms with van der Waals surface area (Å²) >= 11 is 0. The second-order valence-electron chi connectivity index (χ2n) is 8.29. The van der Waals surface area contributed by atoms with Gasteiger partial charge >= 0.3 is 0 Å². The van der Waals surface area contributed by atoms with Crippen molar-refractivity contribution in [3.63, 3.8) is 0 Å². The number of hydrogen-bond acceptors (Lipinski definition) is 4. The molecule has 3 aromatic rings. The Kier molecular flexibility index (Phi) is 5.01. The summed E-state index contributed by atoms with van der Waals surface area (Å²) in [5, 5.41) is 10.6. The lowest BCUT2D eigenvalue weighted by Crippen LogP contribution is -2.35. The Bertz CT molecular complexity index is 1010. The van der Waals surface area contributed by atoms with Gasteiger partial charge in [0.25, 0.3) is 5.91 Å².